The lowest BCUT2D eigenvalue weighted by Gasteiger charge is -2.07. The minimum absolute atomic E-state index is 0.257. The predicted octanol–water partition coefficient (Wildman–Crippen LogP) is 3.79. The van der Waals surface area contributed by atoms with E-state index >= 15 is 0 Å². The molecule has 0 unspecified atom stereocenters. The van der Waals surface area contributed by atoms with Crippen LogP contribution in [0, 0.1) is 0 Å². The summed E-state index contributed by atoms with van der Waals surface area (Å²) in [5, 5.41) is 3.00. The zero-order chi connectivity index (χ0) is 14.8. The molecule has 108 valence electrons. The maximum Gasteiger partial charge on any atom is 0.263 e. The number of thiophene rings is 1. The molecular formula is C12H12Br2N2O2S2. The van der Waals surface area contributed by atoms with Crippen molar-refractivity contribution in [2.24, 2.45) is 0 Å². The Labute approximate surface area is 138 Å². The summed E-state index contributed by atoms with van der Waals surface area (Å²) in [5.41, 5.74) is 0.521. The van der Waals surface area contributed by atoms with Crippen molar-refractivity contribution in [3.05, 3.63) is 43.5 Å². The van der Waals surface area contributed by atoms with Gasteiger partial charge in [-0.25, -0.2) is 8.42 Å². The quantitative estimate of drug-likeness (QED) is 0.744. The number of sulfonamides is 1. The maximum absolute atomic E-state index is 12.4. The molecule has 0 radical (unpaired) electrons. The first-order valence-corrected chi connectivity index (χ1v) is 9.52. The Balaban J connectivity index is 2.30. The smallest absolute Gasteiger partial charge is 0.263 e. The maximum atomic E-state index is 12.4. The highest BCUT2D eigenvalue weighted by Crippen LogP contribution is 2.33. The highest BCUT2D eigenvalue weighted by Gasteiger charge is 2.21. The molecule has 0 spiro atoms. The summed E-state index contributed by atoms with van der Waals surface area (Å²) in [6.07, 6.45) is 0. The number of hydrogen-bond donors (Lipinski definition) is 2. The largest absolute Gasteiger partial charge is 0.315 e. The lowest BCUT2D eigenvalue weighted by Crippen LogP contribution is -2.12. The first kappa shape index (κ1) is 16.0. The molecule has 0 aliphatic carbocycles. The van der Waals surface area contributed by atoms with Gasteiger partial charge in [0.15, 0.2) is 0 Å². The Kier molecular flexibility index (Phi) is 5.25. The average Bonchev–Trinajstić information content (AvgIpc) is 2.71. The molecule has 2 aromatic rings. The summed E-state index contributed by atoms with van der Waals surface area (Å²) in [5.74, 6) is 0. The SMILES string of the molecule is CNCc1cc(S(=O)(=O)Nc2cccc(Br)c2)c(Br)s1. The monoisotopic (exact) mass is 438 g/mol. The molecule has 1 aromatic heterocycles. The highest BCUT2D eigenvalue weighted by molar-refractivity contribution is 9.11. The number of hydrogen-bond acceptors (Lipinski definition) is 4. The van der Waals surface area contributed by atoms with Gasteiger partial charge >= 0.3 is 0 Å². The molecule has 0 atom stereocenters. The molecule has 1 heterocycles. The third-order valence-corrected chi connectivity index (χ3v) is 6.55. The van der Waals surface area contributed by atoms with Gasteiger partial charge in [0.2, 0.25) is 0 Å². The van der Waals surface area contributed by atoms with Crippen molar-refractivity contribution < 1.29 is 8.42 Å². The molecule has 1 aromatic carbocycles. The van der Waals surface area contributed by atoms with E-state index in [0.717, 1.165) is 9.35 Å². The van der Waals surface area contributed by atoms with E-state index in [1.54, 1.807) is 24.3 Å². The van der Waals surface area contributed by atoms with Gasteiger partial charge in [-0.3, -0.25) is 4.72 Å². The Morgan fingerprint density at radius 2 is 2.00 bits per heavy atom. The predicted molar refractivity (Wildman–Crippen MR) is 89.7 cm³/mol. The van der Waals surface area contributed by atoms with E-state index < -0.39 is 10.0 Å². The summed E-state index contributed by atoms with van der Waals surface area (Å²) in [7, 11) is -1.77. The van der Waals surface area contributed by atoms with Crippen molar-refractivity contribution in [2.75, 3.05) is 11.8 Å². The van der Waals surface area contributed by atoms with Gasteiger partial charge < -0.3 is 5.32 Å². The van der Waals surface area contributed by atoms with Crippen LogP contribution in [-0.4, -0.2) is 15.5 Å². The van der Waals surface area contributed by atoms with E-state index in [4.69, 9.17) is 0 Å². The molecule has 20 heavy (non-hydrogen) atoms. The van der Waals surface area contributed by atoms with Crippen molar-refractivity contribution >= 4 is 58.9 Å². The summed E-state index contributed by atoms with van der Waals surface area (Å²) >= 11 is 8.03. The third kappa shape index (κ3) is 3.82. The van der Waals surface area contributed by atoms with Crippen molar-refractivity contribution in [1.82, 2.24) is 5.32 Å². The van der Waals surface area contributed by atoms with Crippen LogP contribution in [0.15, 0.2) is 43.5 Å². The highest BCUT2D eigenvalue weighted by atomic mass is 79.9. The average molecular weight is 440 g/mol. The van der Waals surface area contributed by atoms with Gasteiger partial charge in [-0.2, -0.15) is 0 Å². The summed E-state index contributed by atoms with van der Waals surface area (Å²) in [6.45, 7) is 0.635. The molecule has 0 bridgehead atoms. The molecule has 0 saturated heterocycles. The van der Waals surface area contributed by atoms with Crippen LogP contribution in [0.5, 0.6) is 0 Å². The molecule has 0 saturated carbocycles. The molecule has 2 rings (SSSR count). The van der Waals surface area contributed by atoms with Crippen molar-refractivity contribution in [3.63, 3.8) is 0 Å². The number of nitrogens with one attached hydrogen (secondary N) is 2. The number of halogens is 2. The second kappa shape index (κ2) is 6.57. The second-order valence-corrected chi connectivity index (χ2v) is 9.02. The minimum Gasteiger partial charge on any atom is -0.315 e. The molecule has 8 heteroatoms. The van der Waals surface area contributed by atoms with Crippen LogP contribution in [-0.2, 0) is 16.6 Å². The fraction of sp³-hybridized carbons (Fsp3) is 0.167. The number of benzene rings is 1. The van der Waals surface area contributed by atoms with E-state index in [0.29, 0.717) is 16.0 Å². The van der Waals surface area contributed by atoms with E-state index in [1.165, 1.54) is 11.3 Å². The lowest BCUT2D eigenvalue weighted by molar-refractivity contribution is 0.601. The van der Waals surface area contributed by atoms with Crippen LogP contribution in [0.3, 0.4) is 0 Å². The van der Waals surface area contributed by atoms with E-state index in [-0.39, 0.29) is 4.90 Å². The topological polar surface area (TPSA) is 58.2 Å². The molecule has 0 aliphatic heterocycles. The standard InChI is InChI=1S/C12H12Br2N2O2S2/c1-15-7-10-6-11(12(14)19-10)20(17,18)16-9-4-2-3-8(13)5-9/h2-6,15-16H,7H2,1H3. The minimum atomic E-state index is -3.59. The summed E-state index contributed by atoms with van der Waals surface area (Å²) in [4.78, 5) is 1.21. The first-order valence-electron chi connectivity index (χ1n) is 5.63. The van der Waals surface area contributed by atoms with Gasteiger partial charge in [0.1, 0.15) is 4.90 Å². The normalized spacial score (nSPS) is 11.6. The van der Waals surface area contributed by atoms with Crippen LogP contribution >= 0.6 is 43.2 Å². The fourth-order valence-electron chi connectivity index (χ4n) is 1.60. The molecule has 4 nitrogen and oxygen atoms in total. The Morgan fingerprint density at radius 3 is 2.65 bits per heavy atom. The molecule has 0 fully saturated rings. The summed E-state index contributed by atoms with van der Waals surface area (Å²) in [6, 6.07) is 8.70. The van der Waals surface area contributed by atoms with Crippen LogP contribution in [0.25, 0.3) is 0 Å². The van der Waals surface area contributed by atoms with Crippen molar-refractivity contribution in [1.29, 1.82) is 0 Å². The van der Waals surface area contributed by atoms with Crippen LogP contribution in [0.4, 0.5) is 5.69 Å². The van der Waals surface area contributed by atoms with Crippen LogP contribution in [0.1, 0.15) is 4.88 Å². The van der Waals surface area contributed by atoms with Crippen LogP contribution in [0.2, 0.25) is 0 Å². The Bertz CT molecular complexity index is 714. The third-order valence-electron chi connectivity index (χ3n) is 2.42. The van der Waals surface area contributed by atoms with E-state index in [1.807, 2.05) is 13.1 Å². The zero-order valence-corrected chi connectivity index (χ0v) is 15.3. The van der Waals surface area contributed by atoms with Gasteiger partial charge in [0.25, 0.3) is 10.0 Å². The molecule has 0 amide bonds. The number of rotatable bonds is 5. The fourth-order valence-corrected chi connectivity index (χ4v) is 5.75. The second-order valence-electron chi connectivity index (χ2n) is 4.00. The van der Waals surface area contributed by atoms with Gasteiger partial charge in [-0.05, 0) is 47.2 Å². The van der Waals surface area contributed by atoms with E-state index in [9.17, 15) is 8.42 Å². The molecule has 0 aliphatic rings. The van der Waals surface area contributed by atoms with Crippen LogP contribution < -0.4 is 10.0 Å². The van der Waals surface area contributed by atoms with Gasteiger partial charge in [-0.1, -0.05) is 22.0 Å². The van der Waals surface area contributed by atoms with Gasteiger partial charge in [-0.15, -0.1) is 11.3 Å². The van der Waals surface area contributed by atoms with Gasteiger partial charge in [0, 0.05) is 21.6 Å². The Hall–Kier alpha value is -0.410. The Morgan fingerprint density at radius 1 is 1.25 bits per heavy atom. The zero-order valence-electron chi connectivity index (χ0n) is 10.5. The van der Waals surface area contributed by atoms with Gasteiger partial charge in [0.05, 0.1) is 3.79 Å². The molecular weight excluding hydrogens is 428 g/mol. The number of anilines is 1. The van der Waals surface area contributed by atoms with Crippen molar-refractivity contribution in [3.8, 4) is 0 Å². The van der Waals surface area contributed by atoms with E-state index in [2.05, 4.69) is 41.9 Å². The molecule has 2 N–H and O–H groups in total. The van der Waals surface area contributed by atoms with Crippen molar-refractivity contribution in [2.45, 2.75) is 11.4 Å². The first-order chi connectivity index (χ1) is 9.42. The lowest BCUT2D eigenvalue weighted by atomic mass is 10.3. The summed E-state index contributed by atoms with van der Waals surface area (Å²) < 4.78 is 28.8.